The molecule has 1 aliphatic carbocycles. The van der Waals surface area contributed by atoms with E-state index in [1.54, 1.807) is 0 Å². The van der Waals surface area contributed by atoms with Crippen LogP contribution < -0.4 is 5.32 Å². The third kappa shape index (κ3) is 2.51. The van der Waals surface area contributed by atoms with Crippen molar-refractivity contribution in [3.05, 3.63) is 0 Å². The zero-order valence-electron chi connectivity index (χ0n) is 9.66. The molecule has 86 valence electrons. The summed E-state index contributed by atoms with van der Waals surface area (Å²) in [6.45, 7) is 3.62. The molecule has 2 fully saturated rings. The highest BCUT2D eigenvalue weighted by Crippen LogP contribution is 2.33. The van der Waals surface area contributed by atoms with Crippen molar-refractivity contribution >= 4 is 5.97 Å². The van der Waals surface area contributed by atoms with E-state index in [9.17, 15) is 4.79 Å². The standard InChI is InChI=1S/C12H21NO2/c1-8-12(15-9(2)14)7-10-5-3-4-6-11(10)13-8/h8,10-13H,3-7H2,1-2H3/t8-,10+,11+,12+/m0/s1. The van der Waals surface area contributed by atoms with Gasteiger partial charge in [0, 0.05) is 19.0 Å². The third-order valence-electron chi connectivity index (χ3n) is 3.80. The number of nitrogens with one attached hydrogen (secondary N) is 1. The van der Waals surface area contributed by atoms with Gasteiger partial charge in [-0.2, -0.15) is 0 Å². The average molecular weight is 211 g/mol. The van der Waals surface area contributed by atoms with Gasteiger partial charge in [0.1, 0.15) is 6.10 Å². The van der Waals surface area contributed by atoms with Crippen LogP contribution in [-0.2, 0) is 9.53 Å². The molecule has 1 aliphatic heterocycles. The van der Waals surface area contributed by atoms with Gasteiger partial charge in [0.2, 0.25) is 0 Å². The largest absolute Gasteiger partial charge is 0.461 e. The molecule has 3 nitrogen and oxygen atoms in total. The normalized spacial score (nSPS) is 40.7. The highest BCUT2D eigenvalue weighted by molar-refractivity contribution is 5.66. The van der Waals surface area contributed by atoms with Crippen molar-refractivity contribution in [2.45, 2.75) is 64.1 Å². The second-order valence-corrected chi connectivity index (χ2v) is 4.99. The van der Waals surface area contributed by atoms with Crippen molar-refractivity contribution in [2.24, 2.45) is 5.92 Å². The quantitative estimate of drug-likeness (QED) is 0.673. The predicted octanol–water partition coefficient (Wildman–Crippen LogP) is 1.86. The Labute approximate surface area is 91.6 Å². The van der Waals surface area contributed by atoms with E-state index in [1.807, 2.05) is 0 Å². The lowest BCUT2D eigenvalue weighted by molar-refractivity contribution is -0.150. The van der Waals surface area contributed by atoms with Gasteiger partial charge in [0.15, 0.2) is 0 Å². The van der Waals surface area contributed by atoms with E-state index >= 15 is 0 Å². The smallest absolute Gasteiger partial charge is 0.302 e. The number of hydrogen-bond donors (Lipinski definition) is 1. The van der Waals surface area contributed by atoms with Crippen LogP contribution in [0.5, 0.6) is 0 Å². The number of rotatable bonds is 1. The molecule has 1 saturated carbocycles. The molecule has 3 heteroatoms. The number of ether oxygens (including phenoxy) is 1. The van der Waals surface area contributed by atoms with Crippen LogP contribution in [0.1, 0.15) is 46.0 Å². The van der Waals surface area contributed by atoms with Crippen molar-refractivity contribution in [1.82, 2.24) is 5.32 Å². The zero-order valence-corrected chi connectivity index (χ0v) is 9.66. The molecule has 1 saturated heterocycles. The van der Waals surface area contributed by atoms with Crippen molar-refractivity contribution in [3.8, 4) is 0 Å². The summed E-state index contributed by atoms with van der Waals surface area (Å²) in [7, 11) is 0. The molecule has 0 aromatic heterocycles. The third-order valence-corrected chi connectivity index (χ3v) is 3.80. The fourth-order valence-corrected chi connectivity index (χ4v) is 3.02. The van der Waals surface area contributed by atoms with Crippen LogP contribution in [0.2, 0.25) is 0 Å². The van der Waals surface area contributed by atoms with Crippen molar-refractivity contribution in [3.63, 3.8) is 0 Å². The number of carbonyl (C=O) groups excluding carboxylic acids is 1. The highest BCUT2D eigenvalue weighted by Gasteiger charge is 2.37. The van der Waals surface area contributed by atoms with E-state index in [0.717, 1.165) is 12.3 Å². The Morgan fingerprint density at radius 3 is 2.80 bits per heavy atom. The Kier molecular flexibility index (Phi) is 3.29. The fraction of sp³-hybridized carbons (Fsp3) is 0.917. The van der Waals surface area contributed by atoms with Gasteiger partial charge in [0.25, 0.3) is 0 Å². The van der Waals surface area contributed by atoms with Gasteiger partial charge < -0.3 is 10.1 Å². The minimum atomic E-state index is -0.150. The number of carbonyl (C=O) groups is 1. The molecule has 0 amide bonds. The summed E-state index contributed by atoms with van der Waals surface area (Å²) in [6.07, 6.45) is 6.41. The van der Waals surface area contributed by atoms with E-state index in [4.69, 9.17) is 4.74 Å². The maximum absolute atomic E-state index is 11.0. The summed E-state index contributed by atoms with van der Waals surface area (Å²) >= 11 is 0. The van der Waals surface area contributed by atoms with E-state index in [1.165, 1.54) is 32.6 Å². The predicted molar refractivity (Wildman–Crippen MR) is 58.5 cm³/mol. The lowest BCUT2D eigenvalue weighted by Gasteiger charge is -2.43. The molecule has 0 radical (unpaired) electrons. The molecule has 0 bridgehead atoms. The summed E-state index contributed by atoms with van der Waals surface area (Å²) in [5.74, 6) is 0.571. The minimum absolute atomic E-state index is 0.0850. The monoisotopic (exact) mass is 211 g/mol. The second-order valence-electron chi connectivity index (χ2n) is 4.99. The maximum Gasteiger partial charge on any atom is 0.302 e. The molecule has 2 rings (SSSR count). The van der Waals surface area contributed by atoms with E-state index in [0.29, 0.717) is 12.1 Å². The molecule has 0 unspecified atom stereocenters. The first-order valence-electron chi connectivity index (χ1n) is 6.10. The summed E-state index contributed by atoms with van der Waals surface area (Å²) in [5.41, 5.74) is 0. The molecule has 15 heavy (non-hydrogen) atoms. The first-order valence-corrected chi connectivity index (χ1v) is 6.10. The Bertz CT molecular complexity index is 242. The molecule has 0 spiro atoms. The van der Waals surface area contributed by atoms with Gasteiger partial charge in [-0.1, -0.05) is 12.8 Å². The van der Waals surface area contributed by atoms with Gasteiger partial charge in [-0.25, -0.2) is 0 Å². The Morgan fingerprint density at radius 2 is 2.07 bits per heavy atom. The lowest BCUT2D eigenvalue weighted by Crippen LogP contribution is -2.55. The number of fused-ring (bicyclic) bond motifs is 1. The summed E-state index contributed by atoms with van der Waals surface area (Å²) in [6, 6.07) is 0.980. The summed E-state index contributed by atoms with van der Waals surface area (Å²) in [5, 5.41) is 3.60. The molecule has 1 heterocycles. The Morgan fingerprint density at radius 1 is 1.33 bits per heavy atom. The van der Waals surface area contributed by atoms with Gasteiger partial charge in [0.05, 0.1) is 0 Å². The van der Waals surface area contributed by atoms with Crippen LogP contribution >= 0.6 is 0 Å². The van der Waals surface area contributed by atoms with Crippen molar-refractivity contribution in [1.29, 1.82) is 0 Å². The first kappa shape index (κ1) is 10.9. The van der Waals surface area contributed by atoms with Crippen molar-refractivity contribution < 1.29 is 9.53 Å². The molecular formula is C12H21NO2. The molecule has 1 N–H and O–H groups in total. The lowest BCUT2D eigenvalue weighted by atomic mass is 9.77. The number of hydrogen-bond acceptors (Lipinski definition) is 3. The zero-order chi connectivity index (χ0) is 10.8. The molecule has 4 atom stereocenters. The average Bonchev–Trinajstić information content (AvgIpc) is 2.18. The van der Waals surface area contributed by atoms with Crippen LogP contribution in [0.15, 0.2) is 0 Å². The minimum Gasteiger partial charge on any atom is -0.461 e. The molecule has 0 aromatic rings. The van der Waals surface area contributed by atoms with Crippen LogP contribution in [-0.4, -0.2) is 24.2 Å². The van der Waals surface area contributed by atoms with Crippen LogP contribution in [0.25, 0.3) is 0 Å². The van der Waals surface area contributed by atoms with E-state index in [2.05, 4.69) is 12.2 Å². The number of esters is 1. The number of piperidine rings is 1. The molecule has 2 aliphatic rings. The van der Waals surface area contributed by atoms with Gasteiger partial charge in [-0.05, 0) is 32.1 Å². The highest BCUT2D eigenvalue weighted by atomic mass is 16.5. The Hall–Kier alpha value is -0.570. The summed E-state index contributed by atoms with van der Waals surface area (Å²) in [4.78, 5) is 11.0. The summed E-state index contributed by atoms with van der Waals surface area (Å²) < 4.78 is 5.35. The van der Waals surface area contributed by atoms with Crippen LogP contribution in [0.3, 0.4) is 0 Å². The van der Waals surface area contributed by atoms with Crippen LogP contribution in [0.4, 0.5) is 0 Å². The Balaban J connectivity index is 1.95. The fourth-order valence-electron chi connectivity index (χ4n) is 3.02. The van der Waals surface area contributed by atoms with E-state index < -0.39 is 0 Å². The molecular weight excluding hydrogens is 190 g/mol. The van der Waals surface area contributed by atoms with Gasteiger partial charge in [-0.15, -0.1) is 0 Å². The van der Waals surface area contributed by atoms with E-state index in [-0.39, 0.29) is 12.1 Å². The van der Waals surface area contributed by atoms with Gasteiger partial charge >= 0.3 is 5.97 Å². The molecule has 0 aromatic carbocycles. The SMILES string of the molecule is CC(=O)O[C@@H]1C[C@H]2CCCC[C@H]2N[C@H]1C. The second kappa shape index (κ2) is 4.52. The van der Waals surface area contributed by atoms with Gasteiger partial charge in [-0.3, -0.25) is 4.79 Å². The van der Waals surface area contributed by atoms with Crippen molar-refractivity contribution in [2.75, 3.05) is 0 Å². The first-order chi connectivity index (χ1) is 7.16. The maximum atomic E-state index is 11.0. The topological polar surface area (TPSA) is 38.3 Å². The van der Waals surface area contributed by atoms with Crippen LogP contribution in [0, 0.1) is 5.92 Å².